The van der Waals surface area contributed by atoms with Crippen molar-refractivity contribution >= 4 is 15.9 Å². The fourth-order valence-electron chi connectivity index (χ4n) is 2.15. The van der Waals surface area contributed by atoms with Gasteiger partial charge in [-0.15, -0.1) is 0 Å². The fraction of sp³-hybridized carbons (Fsp3) is 0.250. The Morgan fingerprint density at radius 1 is 1.20 bits per heavy atom. The van der Waals surface area contributed by atoms with E-state index in [1.807, 2.05) is 24.3 Å². The van der Waals surface area contributed by atoms with Crippen molar-refractivity contribution < 1.29 is 14.2 Å². The minimum Gasteiger partial charge on any atom is -0.497 e. The highest BCUT2D eigenvalue weighted by Crippen LogP contribution is 2.30. The maximum absolute atomic E-state index is 13.9. The molecule has 0 heterocycles. The van der Waals surface area contributed by atoms with Gasteiger partial charge in [0.1, 0.15) is 11.6 Å². The van der Waals surface area contributed by atoms with E-state index in [1.54, 1.807) is 26.2 Å². The molecule has 1 atom stereocenters. The fourth-order valence-corrected chi connectivity index (χ4v) is 2.51. The largest absolute Gasteiger partial charge is 0.497 e. The zero-order valence-corrected chi connectivity index (χ0v) is 12.9. The van der Waals surface area contributed by atoms with Crippen molar-refractivity contribution in [3.8, 4) is 5.75 Å². The van der Waals surface area contributed by atoms with E-state index < -0.39 is 11.4 Å². The van der Waals surface area contributed by atoms with Crippen molar-refractivity contribution in [1.82, 2.24) is 0 Å². The molecule has 0 aliphatic carbocycles. The highest BCUT2D eigenvalue weighted by atomic mass is 79.9. The van der Waals surface area contributed by atoms with Gasteiger partial charge in [-0.25, -0.2) is 4.39 Å². The molecule has 0 radical (unpaired) electrons. The second kappa shape index (κ2) is 5.94. The van der Waals surface area contributed by atoms with Gasteiger partial charge in [0.25, 0.3) is 0 Å². The van der Waals surface area contributed by atoms with Crippen molar-refractivity contribution in [3.63, 3.8) is 0 Å². The Morgan fingerprint density at radius 2 is 1.85 bits per heavy atom. The Labute approximate surface area is 126 Å². The first-order valence-electron chi connectivity index (χ1n) is 6.23. The Bertz CT molecular complexity index is 594. The van der Waals surface area contributed by atoms with Gasteiger partial charge in [-0.3, -0.25) is 0 Å². The van der Waals surface area contributed by atoms with Crippen LogP contribution in [0.15, 0.2) is 46.9 Å². The molecule has 2 aromatic rings. The molecule has 2 rings (SSSR count). The first-order chi connectivity index (χ1) is 9.42. The molecule has 1 unspecified atom stereocenters. The predicted molar refractivity (Wildman–Crippen MR) is 80.4 cm³/mol. The maximum Gasteiger partial charge on any atom is 0.129 e. The van der Waals surface area contributed by atoms with Crippen LogP contribution in [0.1, 0.15) is 18.1 Å². The average Bonchev–Trinajstić information content (AvgIpc) is 2.42. The van der Waals surface area contributed by atoms with Crippen molar-refractivity contribution in [2.24, 2.45) is 0 Å². The van der Waals surface area contributed by atoms with E-state index >= 15 is 0 Å². The predicted octanol–water partition coefficient (Wildman–Crippen LogP) is 4.05. The summed E-state index contributed by atoms with van der Waals surface area (Å²) in [7, 11) is 1.60. The molecule has 0 fully saturated rings. The highest BCUT2D eigenvalue weighted by molar-refractivity contribution is 9.10. The number of hydrogen-bond donors (Lipinski definition) is 1. The highest BCUT2D eigenvalue weighted by Gasteiger charge is 2.27. The monoisotopic (exact) mass is 338 g/mol. The van der Waals surface area contributed by atoms with Gasteiger partial charge in [0.2, 0.25) is 0 Å². The van der Waals surface area contributed by atoms with E-state index in [2.05, 4.69) is 15.9 Å². The van der Waals surface area contributed by atoms with Crippen LogP contribution in [0.5, 0.6) is 5.75 Å². The molecule has 0 spiro atoms. The van der Waals surface area contributed by atoms with Gasteiger partial charge < -0.3 is 9.84 Å². The number of methoxy groups -OCH3 is 1. The maximum atomic E-state index is 13.9. The SMILES string of the molecule is COc1ccc(CC(C)(O)c2cc(Br)ccc2F)cc1. The van der Waals surface area contributed by atoms with E-state index in [0.29, 0.717) is 6.42 Å². The number of aliphatic hydroxyl groups is 1. The van der Waals surface area contributed by atoms with Crippen LogP contribution in [-0.2, 0) is 12.0 Å². The van der Waals surface area contributed by atoms with E-state index in [9.17, 15) is 9.50 Å². The van der Waals surface area contributed by atoms with E-state index in [0.717, 1.165) is 15.8 Å². The zero-order chi connectivity index (χ0) is 14.8. The smallest absolute Gasteiger partial charge is 0.129 e. The molecule has 0 saturated heterocycles. The van der Waals surface area contributed by atoms with Crippen molar-refractivity contribution in [2.75, 3.05) is 7.11 Å². The molecule has 0 saturated carbocycles. The second-order valence-electron chi connectivity index (χ2n) is 4.92. The third-order valence-corrected chi connectivity index (χ3v) is 3.71. The molecule has 1 N–H and O–H groups in total. The van der Waals surface area contributed by atoms with Gasteiger partial charge in [0, 0.05) is 16.5 Å². The van der Waals surface area contributed by atoms with Crippen LogP contribution in [0.4, 0.5) is 4.39 Å². The molecule has 4 heteroatoms. The standard InChI is InChI=1S/C16H16BrFO2/c1-16(19,14-9-12(17)5-8-15(14)18)10-11-3-6-13(20-2)7-4-11/h3-9,19H,10H2,1-2H3. The molecule has 2 aromatic carbocycles. The quantitative estimate of drug-likeness (QED) is 0.911. The third-order valence-electron chi connectivity index (χ3n) is 3.22. The van der Waals surface area contributed by atoms with Crippen LogP contribution < -0.4 is 4.74 Å². The summed E-state index contributed by atoms with van der Waals surface area (Å²) in [6.07, 6.45) is 0.324. The normalized spacial score (nSPS) is 13.8. The summed E-state index contributed by atoms with van der Waals surface area (Å²) in [5.74, 6) is 0.341. The van der Waals surface area contributed by atoms with Crippen LogP contribution in [0.3, 0.4) is 0 Å². The van der Waals surface area contributed by atoms with Gasteiger partial charge >= 0.3 is 0 Å². The summed E-state index contributed by atoms with van der Waals surface area (Å²) in [4.78, 5) is 0. The van der Waals surface area contributed by atoms with Crippen LogP contribution in [0, 0.1) is 5.82 Å². The lowest BCUT2D eigenvalue weighted by Gasteiger charge is -2.25. The average molecular weight is 339 g/mol. The van der Waals surface area contributed by atoms with Crippen LogP contribution in [0.2, 0.25) is 0 Å². The summed E-state index contributed by atoms with van der Waals surface area (Å²) in [5.41, 5.74) is -0.0829. The molecule has 0 aromatic heterocycles. The van der Waals surface area contributed by atoms with Crippen molar-refractivity contribution in [2.45, 2.75) is 18.9 Å². The van der Waals surface area contributed by atoms with Crippen molar-refractivity contribution in [1.29, 1.82) is 0 Å². The Kier molecular flexibility index (Phi) is 4.45. The Balaban J connectivity index is 2.27. The van der Waals surface area contributed by atoms with Gasteiger partial charge in [-0.05, 0) is 42.8 Å². The van der Waals surface area contributed by atoms with Crippen LogP contribution in [-0.4, -0.2) is 12.2 Å². The van der Waals surface area contributed by atoms with Gasteiger partial charge in [0.05, 0.1) is 12.7 Å². The number of hydrogen-bond acceptors (Lipinski definition) is 2. The van der Waals surface area contributed by atoms with Gasteiger partial charge in [0.15, 0.2) is 0 Å². The number of halogens is 2. The number of ether oxygens (including phenoxy) is 1. The molecule has 0 aliphatic rings. The van der Waals surface area contributed by atoms with E-state index in [1.165, 1.54) is 6.07 Å². The van der Waals surface area contributed by atoms with Gasteiger partial charge in [-0.2, -0.15) is 0 Å². The first kappa shape index (κ1) is 15.0. The van der Waals surface area contributed by atoms with Crippen molar-refractivity contribution in [3.05, 3.63) is 63.9 Å². The number of rotatable bonds is 4. The third kappa shape index (κ3) is 3.38. The molecule has 106 valence electrons. The minimum atomic E-state index is -1.28. The van der Waals surface area contributed by atoms with E-state index in [-0.39, 0.29) is 5.56 Å². The Hall–Kier alpha value is -1.39. The summed E-state index contributed by atoms with van der Waals surface area (Å²) in [6.45, 7) is 1.61. The molecule has 0 bridgehead atoms. The summed E-state index contributed by atoms with van der Waals surface area (Å²) in [6, 6.07) is 11.9. The summed E-state index contributed by atoms with van der Waals surface area (Å²) in [5, 5.41) is 10.6. The minimum absolute atomic E-state index is 0.280. The number of benzene rings is 2. The summed E-state index contributed by atoms with van der Waals surface area (Å²) < 4.78 is 19.7. The lowest BCUT2D eigenvalue weighted by atomic mass is 9.89. The first-order valence-corrected chi connectivity index (χ1v) is 7.02. The molecule has 2 nitrogen and oxygen atoms in total. The topological polar surface area (TPSA) is 29.5 Å². The van der Waals surface area contributed by atoms with Gasteiger partial charge in [-0.1, -0.05) is 28.1 Å². The molecule has 0 amide bonds. The molecule has 0 aliphatic heterocycles. The lowest BCUT2D eigenvalue weighted by Crippen LogP contribution is -2.25. The Morgan fingerprint density at radius 3 is 2.45 bits per heavy atom. The van der Waals surface area contributed by atoms with Crippen LogP contribution >= 0.6 is 15.9 Å². The van der Waals surface area contributed by atoms with E-state index in [4.69, 9.17) is 4.74 Å². The molecular formula is C16H16BrFO2. The molecular weight excluding hydrogens is 323 g/mol. The zero-order valence-electron chi connectivity index (χ0n) is 11.4. The second-order valence-corrected chi connectivity index (χ2v) is 5.84. The lowest BCUT2D eigenvalue weighted by molar-refractivity contribution is 0.0537. The summed E-state index contributed by atoms with van der Waals surface area (Å²) >= 11 is 3.30. The van der Waals surface area contributed by atoms with Crippen LogP contribution in [0.25, 0.3) is 0 Å². The molecule has 20 heavy (non-hydrogen) atoms.